The number of hydrogen-bond acceptors (Lipinski definition) is 7. The molecule has 2 aliphatic rings. The molecule has 2 amide bonds. The van der Waals surface area contributed by atoms with Crippen molar-refractivity contribution in [3.63, 3.8) is 0 Å². The van der Waals surface area contributed by atoms with Crippen LogP contribution in [0.4, 0.5) is 11.4 Å². The van der Waals surface area contributed by atoms with Gasteiger partial charge in [-0.1, -0.05) is 0 Å². The summed E-state index contributed by atoms with van der Waals surface area (Å²) in [6.07, 6.45) is 1.72. The molecule has 9 nitrogen and oxygen atoms in total. The van der Waals surface area contributed by atoms with E-state index < -0.39 is 18.0 Å². The molecule has 1 saturated heterocycles. The predicted octanol–water partition coefficient (Wildman–Crippen LogP) is 3.53. The van der Waals surface area contributed by atoms with Crippen LogP contribution in [-0.2, 0) is 19.1 Å². The molecule has 10 heteroatoms. The van der Waals surface area contributed by atoms with E-state index in [1.807, 2.05) is 4.90 Å². The maximum atomic E-state index is 13.4. The lowest BCUT2D eigenvalue weighted by atomic mass is 10.1. The molecule has 1 atom stereocenters. The smallest absolute Gasteiger partial charge is 0.338 e. The van der Waals surface area contributed by atoms with Gasteiger partial charge in [-0.25, -0.2) is 9.59 Å². The molecule has 36 heavy (non-hydrogen) atoms. The number of benzene rings is 2. The zero-order valence-electron chi connectivity index (χ0n) is 20.1. The Morgan fingerprint density at radius 2 is 1.44 bits per heavy atom. The van der Waals surface area contributed by atoms with Gasteiger partial charge in [0.2, 0.25) is 5.91 Å². The third-order valence-corrected chi connectivity index (χ3v) is 6.28. The van der Waals surface area contributed by atoms with E-state index in [2.05, 4.69) is 5.32 Å². The van der Waals surface area contributed by atoms with Gasteiger partial charge in [-0.3, -0.25) is 14.5 Å². The molecule has 1 N–H and O–H groups in total. The van der Waals surface area contributed by atoms with Crippen LogP contribution in [0.5, 0.6) is 0 Å². The van der Waals surface area contributed by atoms with Gasteiger partial charge in [0.25, 0.3) is 5.91 Å². The fraction of sp³-hybridized carbons (Fsp3) is 0.346. The Morgan fingerprint density at radius 1 is 0.917 bits per heavy atom. The summed E-state index contributed by atoms with van der Waals surface area (Å²) in [5.74, 6) is -1.51. The highest BCUT2D eigenvalue weighted by Gasteiger charge is 2.49. The fourth-order valence-corrected chi connectivity index (χ4v) is 4.52. The molecule has 0 spiro atoms. The number of carbonyl (C=O) groups is 4. The van der Waals surface area contributed by atoms with E-state index in [0.717, 1.165) is 12.8 Å². The lowest BCUT2D eigenvalue weighted by Crippen LogP contribution is -2.39. The van der Waals surface area contributed by atoms with Gasteiger partial charge < -0.3 is 19.7 Å². The number of amides is 2. The second-order valence-electron chi connectivity index (χ2n) is 8.43. The zero-order valence-corrected chi connectivity index (χ0v) is 20.9. The summed E-state index contributed by atoms with van der Waals surface area (Å²) in [6, 6.07) is 12.2. The van der Waals surface area contributed by atoms with E-state index in [0.29, 0.717) is 27.6 Å². The molecule has 1 saturated carbocycles. The summed E-state index contributed by atoms with van der Waals surface area (Å²) in [5, 5.41) is 3.14. The van der Waals surface area contributed by atoms with Crippen LogP contribution in [0.25, 0.3) is 0 Å². The Morgan fingerprint density at radius 3 is 1.94 bits per heavy atom. The normalized spacial score (nSPS) is 17.2. The number of esters is 2. The lowest BCUT2D eigenvalue weighted by Gasteiger charge is -2.23. The first-order chi connectivity index (χ1) is 17.3. The van der Waals surface area contributed by atoms with Crippen LogP contribution < -0.4 is 10.2 Å². The van der Waals surface area contributed by atoms with Crippen LogP contribution in [0, 0.1) is 0 Å². The summed E-state index contributed by atoms with van der Waals surface area (Å²) >= 11 is 5.65. The van der Waals surface area contributed by atoms with Crippen molar-refractivity contribution in [1.29, 1.82) is 0 Å². The van der Waals surface area contributed by atoms with Gasteiger partial charge in [0.05, 0.1) is 36.4 Å². The third kappa shape index (κ3) is 5.38. The van der Waals surface area contributed by atoms with Crippen LogP contribution in [-0.4, -0.2) is 59.1 Å². The number of anilines is 2. The first kappa shape index (κ1) is 25.3. The van der Waals surface area contributed by atoms with Gasteiger partial charge in [0.1, 0.15) is 6.04 Å². The van der Waals surface area contributed by atoms with Crippen LogP contribution in [0.15, 0.2) is 48.5 Å². The summed E-state index contributed by atoms with van der Waals surface area (Å²) in [4.78, 5) is 53.3. The van der Waals surface area contributed by atoms with E-state index in [-0.39, 0.29) is 37.5 Å². The summed E-state index contributed by atoms with van der Waals surface area (Å²) in [5.41, 5.74) is 1.80. The van der Waals surface area contributed by atoms with Crippen LogP contribution in [0.3, 0.4) is 0 Å². The van der Waals surface area contributed by atoms with Crippen molar-refractivity contribution in [2.45, 2.75) is 45.2 Å². The molecular weight excluding hydrogens is 482 g/mol. The van der Waals surface area contributed by atoms with E-state index >= 15 is 0 Å². The molecule has 1 aliphatic heterocycles. The van der Waals surface area contributed by atoms with E-state index in [9.17, 15) is 19.2 Å². The Bertz CT molecular complexity index is 1180. The second-order valence-corrected chi connectivity index (χ2v) is 8.79. The van der Waals surface area contributed by atoms with E-state index in [1.54, 1.807) is 62.4 Å². The van der Waals surface area contributed by atoms with Gasteiger partial charge in [-0.2, -0.15) is 0 Å². The maximum Gasteiger partial charge on any atom is 0.338 e. The predicted molar refractivity (Wildman–Crippen MR) is 137 cm³/mol. The largest absolute Gasteiger partial charge is 0.462 e. The molecule has 2 fully saturated rings. The minimum absolute atomic E-state index is 0.0769. The van der Waals surface area contributed by atoms with Gasteiger partial charge in [0, 0.05) is 11.7 Å². The number of carbonyl (C=O) groups excluding carboxylic acids is 4. The topological polar surface area (TPSA) is 105 Å². The average molecular weight is 510 g/mol. The molecule has 2 aromatic rings. The highest BCUT2D eigenvalue weighted by Crippen LogP contribution is 2.37. The van der Waals surface area contributed by atoms with E-state index in [1.165, 1.54) is 4.90 Å². The zero-order chi connectivity index (χ0) is 25.8. The van der Waals surface area contributed by atoms with Crippen molar-refractivity contribution in [3.05, 3.63) is 59.7 Å². The van der Waals surface area contributed by atoms with Crippen molar-refractivity contribution < 1.29 is 28.7 Å². The van der Waals surface area contributed by atoms with Gasteiger partial charge in [-0.05, 0) is 87.4 Å². The number of nitrogens with zero attached hydrogens (tertiary/aromatic N) is 2. The van der Waals surface area contributed by atoms with Crippen molar-refractivity contribution in [2.75, 3.05) is 23.4 Å². The molecule has 1 heterocycles. The standard InChI is InChI=1S/C26H27N3O6S/c1-3-34-24(32)16-5-9-18(10-6-16)27-22(30)15-21-23(31)29(26(36)28(21)19-13-14-19)20-11-7-17(8-12-20)25(33)35-4-2/h5-12,19,21H,3-4,13-15H2,1-2H3,(H,27,30)/t21-/m1/s1. The van der Waals surface area contributed by atoms with Crippen molar-refractivity contribution in [1.82, 2.24) is 4.90 Å². The first-order valence-electron chi connectivity index (χ1n) is 11.8. The monoisotopic (exact) mass is 509 g/mol. The highest BCUT2D eigenvalue weighted by molar-refractivity contribution is 7.80. The minimum Gasteiger partial charge on any atom is -0.462 e. The third-order valence-electron chi connectivity index (χ3n) is 5.89. The molecule has 0 radical (unpaired) electrons. The van der Waals surface area contributed by atoms with Gasteiger partial charge >= 0.3 is 11.9 Å². The Balaban J connectivity index is 1.46. The fourth-order valence-electron chi connectivity index (χ4n) is 4.05. The van der Waals surface area contributed by atoms with Crippen LogP contribution >= 0.6 is 12.2 Å². The van der Waals surface area contributed by atoms with Gasteiger partial charge in [0.15, 0.2) is 5.11 Å². The Hall–Kier alpha value is -3.79. The Labute approximate surface area is 214 Å². The van der Waals surface area contributed by atoms with E-state index in [4.69, 9.17) is 21.7 Å². The summed E-state index contributed by atoms with van der Waals surface area (Å²) in [6.45, 7) is 4.01. The Kier molecular flexibility index (Phi) is 7.64. The number of thiocarbonyl (C=S) groups is 1. The average Bonchev–Trinajstić information content (AvgIpc) is 3.66. The number of hydrogen-bond donors (Lipinski definition) is 1. The highest BCUT2D eigenvalue weighted by atomic mass is 32.1. The van der Waals surface area contributed by atoms with Crippen LogP contribution in [0.2, 0.25) is 0 Å². The molecule has 0 aromatic heterocycles. The molecular formula is C26H27N3O6S. The lowest BCUT2D eigenvalue weighted by molar-refractivity contribution is -0.124. The first-order valence-corrected chi connectivity index (χ1v) is 12.2. The number of rotatable bonds is 9. The molecule has 1 aliphatic carbocycles. The van der Waals surface area contributed by atoms with Crippen LogP contribution in [0.1, 0.15) is 53.8 Å². The van der Waals surface area contributed by atoms with Crippen molar-refractivity contribution in [3.8, 4) is 0 Å². The minimum atomic E-state index is -0.728. The summed E-state index contributed by atoms with van der Waals surface area (Å²) < 4.78 is 9.98. The maximum absolute atomic E-state index is 13.4. The SMILES string of the molecule is CCOC(=O)c1ccc(NC(=O)C[C@@H]2C(=O)N(c3ccc(C(=O)OCC)cc3)C(=S)N2C2CC2)cc1. The summed E-state index contributed by atoms with van der Waals surface area (Å²) in [7, 11) is 0. The molecule has 188 valence electrons. The second kappa shape index (κ2) is 10.9. The number of nitrogens with one attached hydrogen (secondary N) is 1. The molecule has 4 rings (SSSR count). The molecule has 0 bridgehead atoms. The molecule has 2 aromatic carbocycles. The van der Waals surface area contributed by atoms with Crippen molar-refractivity contribution in [2.24, 2.45) is 0 Å². The van der Waals surface area contributed by atoms with Crippen molar-refractivity contribution >= 4 is 52.5 Å². The number of ether oxygens (including phenoxy) is 2. The quantitative estimate of drug-likeness (QED) is 0.404. The molecule has 0 unspecified atom stereocenters. The van der Waals surface area contributed by atoms with Gasteiger partial charge in [-0.15, -0.1) is 0 Å².